The number of halogens is 2. The van der Waals surface area contributed by atoms with Gasteiger partial charge in [0.05, 0.1) is 11.8 Å². The van der Waals surface area contributed by atoms with Crippen molar-refractivity contribution in [1.29, 1.82) is 5.26 Å². The van der Waals surface area contributed by atoms with E-state index in [0.29, 0.717) is 23.0 Å². The lowest BCUT2D eigenvalue weighted by Crippen LogP contribution is -2.26. The van der Waals surface area contributed by atoms with E-state index < -0.39 is 11.7 Å². The predicted molar refractivity (Wildman–Crippen MR) is 128 cm³/mol. The first-order chi connectivity index (χ1) is 16.4. The van der Waals surface area contributed by atoms with Gasteiger partial charge in [0.15, 0.2) is 0 Å². The molecule has 0 bridgehead atoms. The highest BCUT2D eigenvalue weighted by Gasteiger charge is 2.34. The number of hydrogen-bond acceptors (Lipinski definition) is 5. The Kier molecular flexibility index (Phi) is 7.43. The number of nitrogens with zero attached hydrogens (tertiary/aromatic N) is 1. The van der Waals surface area contributed by atoms with Crippen LogP contribution in [0.5, 0.6) is 11.5 Å². The second kappa shape index (κ2) is 10.5. The minimum atomic E-state index is -0.828. The molecule has 4 rings (SSSR count). The van der Waals surface area contributed by atoms with Crippen molar-refractivity contribution in [3.05, 3.63) is 69.8 Å². The van der Waals surface area contributed by atoms with Crippen LogP contribution >= 0.6 is 11.6 Å². The van der Waals surface area contributed by atoms with E-state index in [1.54, 1.807) is 24.3 Å². The van der Waals surface area contributed by atoms with Crippen molar-refractivity contribution in [3.63, 3.8) is 0 Å². The number of nitrogens with two attached hydrogens (primary N) is 1. The summed E-state index contributed by atoms with van der Waals surface area (Å²) in [5.41, 5.74) is 6.76. The number of esters is 1. The second-order valence-electron chi connectivity index (χ2n) is 9.04. The highest BCUT2D eigenvalue weighted by molar-refractivity contribution is 6.31. The van der Waals surface area contributed by atoms with Crippen molar-refractivity contribution in [2.75, 3.05) is 0 Å². The van der Waals surface area contributed by atoms with Crippen LogP contribution in [-0.2, 0) is 4.79 Å². The Morgan fingerprint density at radius 3 is 2.71 bits per heavy atom. The van der Waals surface area contributed by atoms with Crippen LogP contribution in [0.1, 0.15) is 68.9 Å². The van der Waals surface area contributed by atoms with Gasteiger partial charge in [-0.3, -0.25) is 4.79 Å². The number of fused-ring (bicyclic) bond motifs is 1. The highest BCUT2D eigenvalue weighted by atomic mass is 35.5. The Morgan fingerprint density at radius 1 is 1.26 bits per heavy atom. The van der Waals surface area contributed by atoms with Crippen LogP contribution in [0.25, 0.3) is 0 Å². The summed E-state index contributed by atoms with van der Waals surface area (Å²) in [5.74, 6) is -0.547. The standard InChI is InChI=1S/C27H28ClFN2O3/c1-2-3-5-16-8-10-17(11-9-16)27(32)33-18-12-13-19-23(14-18)34-26(31)20(15-30)24(19)25-21(28)6-4-7-22(25)29/h4,6-7,12-14,16-17,24H,2-3,5,8-11,31H2,1H3. The summed E-state index contributed by atoms with van der Waals surface area (Å²) in [6, 6.07) is 11.2. The van der Waals surface area contributed by atoms with E-state index in [0.717, 1.165) is 25.7 Å². The third-order valence-corrected chi connectivity index (χ3v) is 7.17. The smallest absolute Gasteiger partial charge is 0.314 e. The Morgan fingerprint density at radius 2 is 2.03 bits per heavy atom. The van der Waals surface area contributed by atoms with Gasteiger partial charge in [-0.25, -0.2) is 4.39 Å². The summed E-state index contributed by atoms with van der Waals surface area (Å²) in [6.07, 6.45) is 7.44. The summed E-state index contributed by atoms with van der Waals surface area (Å²) < 4.78 is 26.1. The van der Waals surface area contributed by atoms with Crippen LogP contribution in [-0.4, -0.2) is 5.97 Å². The molecule has 2 aromatic carbocycles. The highest BCUT2D eigenvalue weighted by Crippen LogP contribution is 2.46. The Bertz CT molecular complexity index is 1130. The minimum Gasteiger partial charge on any atom is -0.440 e. The van der Waals surface area contributed by atoms with Gasteiger partial charge in [0.2, 0.25) is 5.88 Å². The quantitative estimate of drug-likeness (QED) is 0.370. The fraction of sp³-hybridized carbons (Fsp3) is 0.407. The number of nitriles is 1. The van der Waals surface area contributed by atoms with Gasteiger partial charge in [0, 0.05) is 22.2 Å². The molecule has 34 heavy (non-hydrogen) atoms. The molecule has 1 aliphatic carbocycles. The largest absolute Gasteiger partial charge is 0.440 e. The molecule has 2 aromatic rings. The topological polar surface area (TPSA) is 85.3 Å². The number of benzene rings is 2. The van der Waals surface area contributed by atoms with Crippen molar-refractivity contribution >= 4 is 17.6 Å². The van der Waals surface area contributed by atoms with E-state index in [2.05, 4.69) is 6.92 Å². The maximum Gasteiger partial charge on any atom is 0.314 e. The van der Waals surface area contributed by atoms with Crippen LogP contribution < -0.4 is 15.2 Å². The van der Waals surface area contributed by atoms with Crippen molar-refractivity contribution in [2.45, 2.75) is 57.8 Å². The zero-order valence-electron chi connectivity index (χ0n) is 19.2. The molecule has 1 saturated carbocycles. The SMILES string of the molecule is CCCCC1CCC(C(=O)Oc2ccc3c(c2)OC(N)=C(C#N)C3c2c(F)cccc2Cl)CC1. The molecule has 2 N–H and O–H groups in total. The van der Waals surface area contributed by atoms with Gasteiger partial charge in [-0.05, 0) is 49.8 Å². The molecule has 0 radical (unpaired) electrons. The zero-order valence-corrected chi connectivity index (χ0v) is 19.9. The molecule has 2 aliphatic rings. The van der Waals surface area contributed by atoms with E-state index >= 15 is 0 Å². The molecular weight excluding hydrogens is 455 g/mol. The molecule has 7 heteroatoms. The molecule has 178 valence electrons. The molecule has 0 saturated heterocycles. The van der Waals surface area contributed by atoms with E-state index in [1.807, 2.05) is 6.07 Å². The summed E-state index contributed by atoms with van der Waals surface area (Å²) in [5, 5.41) is 9.87. The van der Waals surface area contributed by atoms with E-state index in [9.17, 15) is 14.4 Å². The number of carbonyl (C=O) groups is 1. The molecule has 1 aliphatic heterocycles. The van der Waals surface area contributed by atoms with Gasteiger partial charge in [0.1, 0.15) is 29.0 Å². The Hall–Kier alpha value is -3.04. The minimum absolute atomic E-state index is 0.0732. The molecular formula is C27H28ClFN2O3. The average molecular weight is 483 g/mol. The first-order valence-electron chi connectivity index (χ1n) is 11.8. The summed E-state index contributed by atoms with van der Waals surface area (Å²) in [6.45, 7) is 2.20. The number of unbranched alkanes of at least 4 members (excludes halogenated alkanes) is 1. The van der Waals surface area contributed by atoms with Crippen molar-refractivity contribution in [3.8, 4) is 17.6 Å². The molecule has 1 fully saturated rings. The van der Waals surface area contributed by atoms with E-state index in [4.69, 9.17) is 26.8 Å². The number of rotatable bonds is 6. The fourth-order valence-corrected chi connectivity index (χ4v) is 5.23. The van der Waals surface area contributed by atoms with Crippen LogP contribution in [0.2, 0.25) is 5.02 Å². The van der Waals surface area contributed by atoms with Gasteiger partial charge in [0.25, 0.3) is 0 Å². The van der Waals surface area contributed by atoms with E-state index in [-0.39, 0.29) is 33.9 Å². The van der Waals surface area contributed by atoms with Gasteiger partial charge in [-0.15, -0.1) is 0 Å². The zero-order chi connectivity index (χ0) is 24.2. The third kappa shape index (κ3) is 4.90. The van der Waals surface area contributed by atoms with Crippen molar-refractivity contribution in [2.24, 2.45) is 17.6 Å². The first kappa shape index (κ1) is 24.1. The molecule has 0 aromatic heterocycles. The molecule has 1 heterocycles. The third-order valence-electron chi connectivity index (χ3n) is 6.84. The van der Waals surface area contributed by atoms with Crippen LogP contribution in [0.3, 0.4) is 0 Å². The second-order valence-corrected chi connectivity index (χ2v) is 9.45. The lowest BCUT2D eigenvalue weighted by atomic mass is 9.80. The lowest BCUT2D eigenvalue weighted by molar-refractivity contribution is -0.140. The Labute approximate surface area is 204 Å². The summed E-state index contributed by atoms with van der Waals surface area (Å²) in [7, 11) is 0. The van der Waals surface area contributed by atoms with Gasteiger partial charge in [-0.1, -0.05) is 49.9 Å². The van der Waals surface area contributed by atoms with Gasteiger partial charge in [-0.2, -0.15) is 5.26 Å². The normalized spacial score (nSPS) is 21.9. The number of ether oxygens (including phenoxy) is 2. The number of carbonyl (C=O) groups excluding carboxylic acids is 1. The molecule has 5 nitrogen and oxygen atoms in total. The maximum atomic E-state index is 14.8. The molecule has 0 amide bonds. The predicted octanol–water partition coefficient (Wildman–Crippen LogP) is 6.60. The number of hydrogen-bond donors (Lipinski definition) is 1. The molecule has 1 atom stereocenters. The van der Waals surface area contributed by atoms with Gasteiger partial charge >= 0.3 is 5.97 Å². The maximum absolute atomic E-state index is 14.8. The summed E-state index contributed by atoms with van der Waals surface area (Å²) in [4.78, 5) is 12.8. The van der Waals surface area contributed by atoms with Gasteiger partial charge < -0.3 is 15.2 Å². The average Bonchev–Trinajstić information content (AvgIpc) is 2.82. The fourth-order valence-electron chi connectivity index (χ4n) is 4.96. The van der Waals surface area contributed by atoms with Crippen LogP contribution in [0.4, 0.5) is 4.39 Å². The van der Waals surface area contributed by atoms with Crippen molar-refractivity contribution < 1.29 is 18.7 Å². The van der Waals surface area contributed by atoms with Crippen molar-refractivity contribution in [1.82, 2.24) is 0 Å². The van der Waals surface area contributed by atoms with E-state index in [1.165, 1.54) is 31.4 Å². The van der Waals surface area contributed by atoms with Crippen LogP contribution in [0, 0.1) is 29.0 Å². The van der Waals surface area contributed by atoms with Crippen LogP contribution in [0.15, 0.2) is 47.9 Å². The first-order valence-corrected chi connectivity index (χ1v) is 12.2. The summed E-state index contributed by atoms with van der Waals surface area (Å²) >= 11 is 6.30. The molecule has 0 spiro atoms. The monoisotopic (exact) mass is 482 g/mol. The lowest BCUT2D eigenvalue weighted by Gasteiger charge is -2.28. The molecule has 1 unspecified atom stereocenters. The Balaban J connectivity index is 1.54. The number of allylic oxidation sites excluding steroid dienone is 1.